The third-order valence-electron chi connectivity index (χ3n) is 2.61. The van der Waals surface area contributed by atoms with Gasteiger partial charge in [0, 0.05) is 12.3 Å². The molecular weight excluding hydrogens is 262 g/mol. The Bertz CT molecular complexity index is 393. The molecule has 0 bridgehead atoms. The number of hydrogen-bond donors (Lipinski definition) is 1. The van der Waals surface area contributed by atoms with Gasteiger partial charge in [0.25, 0.3) is 0 Å². The van der Waals surface area contributed by atoms with Crippen LogP contribution in [0.3, 0.4) is 0 Å². The van der Waals surface area contributed by atoms with Gasteiger partial charge >= 0.3 is 0 Å². The molecule has 96 valence electrons. The van der Waals surface area contributed by atoms with E-state index in [0.717, 1.165) is 12.3 Å². The van der Waals surface area contributed by atoms with E-state index >= 15 is 0 Å². The zero-order chi connectivity index (χ0) is 11.9. The van der Waals surface area contributed by atoms with Gasteiger partial charge in [0.15, 0.2) is 0 Å². The molecule has 0 radical (unpaired) electrons. The van der Waals surface area contributed by atoms with Crippen molar-refractivity contribution in [1.82, 2.24) is 0 Å². The van der Waals surface area contributed by atoms with E-state index < -0.39 is 0 Å². The number of thioether (sulfide) groups is 1. The molecule has 0 unspecified atom stereocenters. The van der Waals surface area contributed by atoms with E-state index in [1.54, 1.807) is 0 Å². The number of halogens is 1. The third kappa shape index (κ3) is 4.05. The van der Waals surface area contributed by atoms with Gasteiger partial charge in [-0.05, 0) is 11.1 Å². The van der Waals surface area contributed by atoms with Crippen LogP contribution in [0.15, 0.2) is 60.7 Å². The normalized spacial score (nSPS) is 10.1. The Labute approximate surface area is 119 Å². The molecule has 3 heteroatoms. The third-order valence-corrected chi connectivity index (χ3v) is 3.96. The summed E-state index contributed by atoms with van der Waals surface area (Å²) in [5.74, 6) is 0.981. The zero-order valence-electron chi connectivity index (χ0n) is 10.1. The van der Waals surface area contributed by atoms with Crippen molar-refractivity contribution in [2.75, 3.05) is 12.3 Å². The monoisotopic (exact) mass is 278 g/mol. The minimum Gasteiger partial charge on any atom is -1.00 e. The van der Waals surface area contributed by atoms with Crippen molar-refractivity contribution in [1.29, 1.82) is 0 Å². The van der Waals surface area contributed by atoms with E-state index in [4.69, 9.17) is 5.73 Å². The van der Waals surface area contributed by atoms with Crippen LogP contribution in [0, 0.1) is 0 Å². The average molecular weight is 279 g/mol. The predicted octanol–water partition coefficient (Wildman–Crippen LogP) is 0.472. The predicted molar refractivity (Wildman–Crippen MR) is 76.2 cm³/mol. The Morgan fingerprint density at radius 2 is 1.28 bits per heavy atom. The Hall–Kier alpha value is -0.960. The molecule has 0 aliphatic carbocycles. The molecule has 2 aromatic rings. The molecule has 2 rings (SSSR count). The lowest BCUT2D eigenvalue weighted by molar-refractivity contribution is -0.00000343. The summed E-state index contributed by atoms with van der Waals surface area (Å²) < 4.78 is 0. The number of rotatable bonds is 5. The molecule has 0 heterocycles. The second kappa shape index (κ2) is 8.20. The van der Waals surface area contributed by atoms with Gasteiger partial charge in [-0.3, -0.25) is 0 Å². The van der Waals surface area contributed by atoms with E-state index in [0.29, 0.717) is 5.25 Å². The van der Waals surface area contributed by atoms with E-state index in [1.807, 2.05) is 11.8 Å². The van der Waals surface area contributed by atoms with Crippen molar-refractivity contribution >= 4 is 11.8 Å². The van der Waals surface area contributed by atoms with Gasteiger partial charge in [-0.15, -0.1) is 11.8 Å². The smallest absolute Gasteiger partial charge is 0.0547 e. The molecule has 2 N–H and O–H groups in total. The van der Waals surface area contributed by atoms with Crippen molar-refractivity contribution < 1.29 is 12.4 Å². The van der Waals surface area contributed by atoms with Gasteiger partial charge < -0.3 is 18.1 Å². The fourth-order valence-corrected chi connectivity index (χ4v) is 2.90. The van der Waals surface area contributed by atoms with Crippen molar-refractivity contribution in [3.05, 3.63) is 71.8 Å². The van der Waals surface area contributed by atoms with Gasteiger partial charge in [-0.2, -0.15) is 0 Å². The maximum Gasteiger partial charge on any atom is 0.0547 e. The van der Waals surface area contributed by atoms with E-state index in [9.17, 15) is 0 Å². The van der Waals surface area contributed by atoms with Crippen LogP contribution in [0.4, 0.5) is 0 Å². The molecule has 0 amide bonds. The fraction of sp³-hybridized carbons (Fsp3) is 0.200. The largest absolute Gasteiger partial charge is 1.00 e. The summed E-state index contributed by atoms with van der Waals surface area (Å²) in [5.41, 5.74) is 8.30. The topological polar surface area (TPSA) is 26.0 Å². The van der Waals surface area contributed by atoms with Crippen molar-refractivity contribution in [2.45, 2.75) is 5.25 Å². The first-order valence-electron chi connectivity index (χ1n) is 5.83. The summed E-state index contributed by atoms with van der Waals surface area (Å²) in [6.45, 7) is 0.723. The highest BCUT2D eigenvalue weighted by Gasteiger charge is 2.13. The average Bonchev–Trinajstić information content (AvgIpc) is 2.42. The van der Waals surface area contributed by atoms with E-state index in [1.165, 1.54) is 11.1 Å². The standard InChI is InChI=1S/C15H17NS.ClH/c16-11-12-17-15(13-7-3-1-4-8-13)14-9-5-2-6-10-14;/h1-10,15H,11-12,16H2;1H/p-1. The van der Waals surface area contributed by atoms with Gasteiger partial charge in [0.05, 0.1) is 5.25 Å². The minimum absolute atomic E-state index is 0. The second-order valence-corrected chi connectivity index (χ2v) is 5.07. The molecule has 0 aliphatic rings. The van der Waals surface area contributed by atoms with Crippen LogP contribution >= 0.6 is 11.8 Å². The van der Waals surface area contributed by atoms with Gasteiger partial charge in [0.2, 0.25) is 0 Å². The molecule has 0 atom stereocenters. The molecule has 1 nitrogen and oxygen atoms in total. The van der Waals surface area contributed by atoms with Crippen molar-refractivity contribution in [2.24, 2.45) is 5.73 Å². The molecule has 0 saturated heterocycles. The van der Waals surface area contributed by atoms with Crippen LogP contribution in [-0.4, -0.2) is 12.3 Å². The van der Waals surface area contributed by atoms with Gasteiger partial charge in [-0.25, -0.2) is 0 Å². The van der Waals surface area contributed by atoms with Crippen LogP contribution in [0.5, 0.6) is 0 Å². The van der Waals surface area contributed by atoms with E-state index in [-0.39, 0.29) is 12.4 Å². The molecule has 0 aliphatic heterocycles. The highest BCUT2D eigenvalue weighted by Crippen LogP contribution is 2.34. The number of nitrogens with two attached hydrogens (primary N) is 1. The summed E-state index contributed by atoms with van der Waals surface area (Å²) in [6, 6.07) is 21.2. The molecule has 0 aromatic heterocycles. The lowest BCUT2D eigenvalue weighted by Crippen LogP contribution is -3.00. The summed E-state index contributed by atoms with van der Waals surface area (Å²) >= 11 is 1.90. The zero-order valence-corrected chi connectivity index (χ0v) is 11.7. The van der Waals surface area contributed by atoms with Crippen LogP contribution < -0.4 is 18.1 Å². The Balaban J connectivity index is 0.00000162. The first-order chi connectivity index (χ1) is 8.42. The van der Waals surface area contributed by atoms with Gasteiger partial charge in [0.1, 0.15) is 0 Å². The molecule has 0 saturated carbocycles. The molecular formula is C15H17ClNS-. The second-order valence-electron chi connectivity index (χ2n) is 3.86. The van der Waals surface area contributed by atoms with Crippen molar-refractivity contribution in [3.63, 3.8) is 0 Å². The van der Waals surface area contributed by atoms with Crippen LogP contribution in [0.2, 0.25) is 0 Å². The lowest BCUT2D eigenvalue weighted by atomic mass is 10.0. The Kier molecular flexibility index (Phi) is 6.88. The number of hydrogen-bond acceptors (Lipinski definition) is 2. The maximum atomic E-state index is 5.61. The van der Waals surface area contributed by atoms with Crippen LogP contribution in [0.25, 0.3) is 0 Å². The first-order valence-corrected chi connectivity index (χ1v) is 6.88. The Morgan fingerprint density at radius 1 is 0.833 bits per heavy atom. The quantitative estimate of drug-likeness (QED) is 0.861. The molecule has 0 spiro atoms. The maximum absolute atomic E-state index is 5.61. The lowest BCUT2D eigenvalue weighted by Gasteiger charge is -2.17. The highest BCUT2D eigenvalue weighted by atomic mass is 35.5. The SMILES string of the molecule is NCCSC(c1ccccc1)c1ccccc1.[Cl-]. The molecule has 2 aromatic carbocycles. The fourth-order valence-electron chi connectivity index (χ4n) is 1.83. The Morgan fingerprint density at radius 3 is 1.67 bits per heavy atom. The van der Waals surface area contributed by atoms with E-state index in [2.05, 4.69) is 60.7 Å². The number of benzene rings is 2. The minimum atomic E-state index is 0. The summed E-state index contributed by atoms with van der Waals surface area (Å²) in [5, 5.41) is 0.390. The van der Waals surface area contributed by atoms with Crippen LogP contribution in [0.1, 0.15) is 16.4 Å². The van der Waals surface area contributed by atoms with Gasteiger partial charge in [-0.1, -0.05) is 60.7 Å². The van der Waals surface area contributed by atoms with Crippen molar-refractivity contribution in [3.8, 4) is 0 Å². The summed E-state index contributed by atoms with van der Waals surface area (Å²) in [4.78, 5) is 0. The highest BCUT2D eigenvalue weighted by molar-refractivity contribution is 7.99. The molecule has 18 heavy (non-hydrogen) atoms. The van der Waals surface area contributed by atoms with Crippen LogP contribution in [-0.2, 0) is 0 Å². The summed E-state index contributed by atoms with van der Waals surface area (Å²) in [7, 11) is 0. The first kappa shape index (κ1) is 15.1. The summed E-state index contributed by atoms with van der Waals surface area (Å²) in [6.07, 6.45) is 0. The molecule has 0 fully saturated rings.